The normalized spacial score (nSPS) is 18.6. The number of nitrogens with one attached hydrogen (secondary N) is 1. The molecule has 1 atom stereocenters. The van der Waals surface area contributed by atoms with Crippen LogP contribution >= 0.6 is 0 Å². The summed E-state index contributed by atoms with van der Waals surface area (Å²) in [6.07, 6.45) is 2.15. The van der Waals surface area contributed by atoms with Crippen molar-refractivity contribution in [1.29, 1.82) is 0 Å². The van der Waals surface area contributed by atoms with Gasteiger partial charge in [0.05, 0.1) is 13.7 Å². The lowest BCUT2D eigenvalue weighted by molar-refractivity contribution is -0.123. The summed E-state index contributed by atoms with van der Waals surface area (Å²) in [4.78, 5) is 22.0. The molecule has 1 amide bonds. The van der Waals surface area contributed by atoms with Gasteiger partial charge in [-0.1, -0.05) is 0 Å². The zero-order chi connectivity index (χ0) is 13.7. The van der Waals surface area contributed by atoms with Crippen LogP contribution in [0.2, 0.25) is 0 Å². The highest BCUT2D eigenvalue weighted by Crippen LogP contribution is 2.28. The van der Waals surface area contributed by atoms with Crippen LogP contribution in [0.5, 0.6) is 11.5 Å². The Kier molecular flexibility index (Phi) is 4.39. The van der Waals surface area contributed by atoms with Gasteiger partial charge in [-0.15, -0.1) is 0 Å². The molecule has 102 valence electrons. The van der Waals surface area contributed by atoms with Crippen molar-refractivity contribution >= 4 is 12.2 Å². The highest BCUT2D eigenvalue weighted by Gasteiger charge is 2.20. The average molecular weight is 263 g/mol. The highest BCUT2D eigenvalue weighted by atomic mass is 16.5. The molecule has 2 rings (SSSR count). The van der Waals surface area contributed by atoms with Crippen LogP contribution in [0.1, 0.15) is 23.2 Å². The number of hydrogen-bond donors (Lipinski definition) is 1. The van der Waals surface area contributed by atoms with E-state index in [0.29, 0.717) is 36.6 Å². The van der Waals surface area contributed by atoms with Gasteiger partial charge in [0.15, 0.2) is 11.5 Å². The van der Waals surface area contributed by atoms with E-state index < -0.39 is 0 Å². The van der Waals surface area contributed by atoms with Crippen molar-refractivity contribution in [2.24, 2.45) is 5.92 Å². The van der Waals surface area contributed by atoms with Crippen LogP contribution in [0, 0.1) is 5.92 Å². The number of piperidine rings is 1. The lowest BCUT2D eigenvalue weighted by Crippen LogP contribution is -2.35. The second-order valence-electron chi connectivity index (χ2n) is 4.55. The van der Waals surface area contributed by atoms with Crippen molar-refractivity contribution in [2.75, 3.05) is 20.3 Å². The van der Waals surface area contributed by atoms with Gasteiger partial charge in [-0.05, 0) is 24.6 Å². The van der Waals surface area contributed by atoms with Gasteiger partial charge in [-0.25, -0.2) is 0 Å². The van der Waals surface area contributed by atoms with Gasteiger partial charge >= 0.3 is 0 Å². The second kappa shape index (κ2) is 6.22. The molecule has 0 aliphatic carbocycles. The van der Waals surface area contributed by atoms with Crippen LogP contribution in [0.3, 0.4) is 0 Å². The molecule has 0 bridgehead atoms. The molecule has 5 nitrogen and oxygen atoms in total. The number of benzene rings is 1. The molecule has 0 saturated carbocycles. The summed E-state index contributed by atoms with van der Waals surface area (Å²) in [7, 11) is 1.55. The molecular weight excluding hydrogens is 246 g/mol. The van der Waals surface area contributed by atoms with Gasteiger partial charge in [-0.3, -0.25) is 9.59 Å². The number of amides is 1. The monoisotopic (exact) mass is 263 g/mol. The summed E-state index contributed by atoms with van der Waals surface area (Å²) in [5.74, 6) is 1.40. The Bertz CT molecular complexity index is 473. The highest BCUT2D eigenvalue weighted by molar-refractivity contribution is 5.77. The molecular formula is C14H17NO4. The third-order valence-corrected chi connectivity index (χ3v) is 3.15. The van der Waals surface area contributed by atoms with Gasteiger partial charge in [0.2, 0.25) is 5.91 Å². The number of ether oxygens (including phenoxy) is 2. The van der Waals surface area contributed by atoms with Crippen LogP contribution in [0.15, 0.2) is 18.2 Å². The van der Waals surface area contributed by atoms with Crippen LogP contribution in [-0.2, 0) is 4.79 Å². The van der Waals surface area contributed by atoms with E-state index in [1.165, 1.54) is 0 Å². The fourth-order valence-corrected chi connectivity index (χ4v) is 2.08. The minimum absolute atomic E-state index is 0.0634. The van der Waals surface area contributed by atoms with E-state index in [-0.39, 0.29) is 11.8 Å². The minimum atomic E-state index is 0.0634. The van der Waals surface area contributed by atoms with Crippen LogP contribution < -0.4 is 14.8 Å². The molecule has 0 radical (unpaired) electrons. The third-order valence-electron chi connectivity index (χ3n) is 3.15. The zero-order valence-electron chi connectivity index (χ0n) is 10.8. The molecule has 5 heteroatoms. The number of carbonyl (C=O) groups is 2. The first kappa shape index (κ1) is 13.4. The van der Waals surface area contributed by atoms with E-state index in [9.17, 15) is 9.59 Å². The second-order valence-corrected chi connectivity index (χ2v) is 4.55. The fraction of sp³-hybridized carbons (Fsp3) is 0.429. The van der Waals surface area contributed by atoms with Gasteiger partial charge in [0.1, 0.15) is 6.29 Å². The van der Waals surface area contributed by atoms with Crippen LogP contribution in [0.25, 0.3) is 0 Å². The maximum atomic E-state index is 11.3. The van der Waals surface area contributed by atoms with E-state index in [4.69, 9.17) is 9.47 Å². The molecule has 1 heterocycles. The number of hydrogen-bond acceptors (Lipinski definition) is 4. The summed E-state index contributed by atoms with van der Waals surface area (Å²) in [6, 6.07) is 5.02. The van der Waals surface area contributed by atoms with Crippen molar-refractivity contribution in [3.8, 4) is 11.5 Å². The predicted molar refractivity (Wildman–Crippen MR) is 69.6 cm³/mol. The van der Waals surface area contributed by atoms with Gasteiger partial charge < -0.3 is 14.8 Å². The van der Waals surface area contributed by atoms with Crippen molar-refractivity contribution in [1.82, 2.24) is 5.32 Å². The lowest BCUT2D eigenvalue weighted by Gasteiger charge is -2.22. The standard InChI is InChI=1S/C14H17NO4/c1-18-12-3-2-10(8-16)6-13(12)19-9-11-4-5-15-14(17)7-11/h2-3,6,8,11H,4-5,7,9H2,1H3,(H,15,17). The number of carbonyl (C=O) groups excluding carboxylic acids is 2. The molecule has 0 spiro atoms. The number of aldehydes is 1. The molecule has 1 fully saturated rings. The van der Waals surface area contributed by atoms with Crippen molar-refractivity contribution in [3.63, 3.8) is 0 Å². The molecule has 1 N–H and O–H groups in total. The Morgan fingerprint density at radius 2 is 2.26 bits per heavy atom. The topological polar surface area (TPSA) is 64.6 Å². The maximum absolute atomic E-state index is 11.3. The van der Waals surface area contributed by atoms with E-state index in [1.807, 2.05) is 0 Å². The summed E-state index contributed by atoms with van der Waals surface area (Å²) < 4.78 is 10.9. The van der Waals surface area contributed by atoms with E-state index in [1.54, 1.807) is 25.3 Å². The molecule has 19 heavy (non-hydrogen) atoms. The molecule has 1 saturated heterocycles. The smallest absolute Gasteiger partial charge is 0.220 e. The average Bonchev–Trinajstić information content (AvgIpc) is 2.45. The van der Waals surface area contributed by atoms with Crippen LogP contribution in [-0.4, -0.2) is 32.5 Å². The lowest BCUT2D eigenvalue weighted by atomic mass is 9.99. The third kappa shape index (κ3) is 3.47. The molecule has 1 aliphatic heterocycles. The maximum Gasteiger partial charge on any atom is 0.220 e. The van der Waals surface area contributed by atoms with Crippen molar-refractivity contribution < 1.29 is 19.1 Å². The largest absolute Gasteiger partial charge is 0.493 e. The first-order chi connectivity index (χ1) is 9.22. The molecule has 1 aliphatic rings. The zero-order valence-corrected chi connectivity index (χ0v) is 10.8. The van der Waals surface area contributed by atoms with E-state index in [2.05, 4.69) is 5.32 Å². The Labute approximate surface area is 111 Å². The van der Waals surface area contributed by atoms with Crippen molar-refractivity contribution in [3.05, 3.63) is 23.8 Å². The summed E-state index contributed by atoms with van der Waals surface area (Å²) >= 11 is 0. The quantitative estimate of drug-likeness (QED) is 0.816. The minimum Gasteiger partial charge on any atom is -0.493 e. The molecule has 1 unspecified atom stereocenters. The first-order valence-electron chi connectivity index (χ1n) is 6.25. The Morgan fingerprint density at radius 3 is 2.95 bits per heavy atom. The SMILES string of the molecule is COc1ccc(C=O)cc1OCC1CCNC(=O)C1. The van der Waals surface area contributed by atoms with Crippen molar-refractivity contribution in [2.45, 2.75) is 12.8 Å². The predicted octanol–water partition coefficient (Wildman–Crippen LogP) is 1.41. The van der Waals surface area contributed by atoms with Gasteiger partial charge in [0, 0.05) is 24.4 Å². The first-order valence-corrected chi connectivity index (χ1v) is 6.25. The summed E-state index contributed by atoms with van der Waals surface area (Å²) in [5, 5.41) is 2.79. The Hall–Kier alpha value is -2.04. The van der Waals surface area contributed by atoms with Gasteiger partial charge in [0.25, 0.3) is 0 Å². The molecule has 1 aromatic rings. The molecule has 0 aromatic heterocycles. The Balaban J connectivity index is 2.01. The number of rotatable bonds is 5. The summed E-state index contributed by atoms with van der Waals surface area (Å²) in [6.45, 7) is 1.14. The molecule has 1 aromatic carbocycles. The summed E-state index contributed by atoms with van der Waals surface area (Å²) in [5.41, 5.74) is 0.539. The Morgan fingerprint density at radius 1 is 1.42 bits per heavy atom. The van der Waals surface area contributed by atoms with E-state index >= 15 is 0 Å². The van der Waals surface area contributed by atoms with E-state index in [0.717, 1.165) is 12.7 Å². The number of methoxy groups -OCH3 is 1. The fourth-order valence-electron chi connectivity index (χ4n) is 2.08. The van der Waals surface area contributed by atoms with Gasteiger partial charge in [-0.2, -0.15) is 0 Å². The van der Waals surface area contributed by atoms with Crippen LogP contribution in [0.4, 0.5) is 0 Å².